The first-order chi connectivity index (χ1) is 27.3. The molecular formula is C42H44Cl4N4O6S. The van der Waals surface area contributed by atoms with E-state index < -0.39 is 21.8 Å². The summed E-state index contributed by atoms with van der Waals surface area (Å²) in [5.74, 6) is 2.05. The van der Waals surface area contributed by atoms with Crippen LogP contribution < -0.4 is 20.5 Å². The summed E-state index contributed by atoms with van der Waals surface area (Å²) in [6.07, 6.45) is 12.7. The minimum absolute atomic E-state index is 0.0383. The molecule has 0 saturated carbocycles. The number of hydrogen-bond acceptors (Lipinski definition) is 7. The van der Waals surface area contributed by atoms with Crippen LogP contribution in [-0.2, 0) is 19.4 Å². The number of phenols is 1. The molecular weight excluding hydrogens is 830 g/mol. The topological polar surface area (TPSA) is 137 Å². The number of benzene rings is 4. The van der Waals surface area contributed by atoms with Crippen LogP contribution in [0.15, 0.2) is 93.6 Å². The summed E-state index contributed by atoms with van der Waals surface area (Å²) in [6.45, 7) is 3.84. The number of carbonyl (C=O) groups is 2. The lowest BCUT2D eigenvalue weighted by Crippen LogP contribution is -2.36. The van der Waals surface area contributed by atoms with Gasteiger partial charge in [0.2, 0.25) is 9.84 Å². The minimum Gasteiger partial charge on any atom is -0.508 e. The average Bonchev–Trinajstić information content (AvgIpc) is 3.52. The second kappa shape index (κ2) is 21.9. The predicted octanol–water partition coefficient (Wildman–Crippen LogP) is 11.4. The molecule has 4 aromatic rings. The number of aromatic hydroxyl groups is 1. The summed E-state index contributed by atoms with van der Waals surface area (Å²) in [7, 11) is -3.84. The average molecular weight is 875 g/mol. The molecule has 2 amide bonds. The number of aliphatic imine (C=N–C) groups is 1. The molecule has 3 N–H and O–H groups in total. The number of phenolic OH excluding ortho intramolecular Hbond substituents is 1. The van der Waals surface area contributed by atoms with Crippen molar-refractivity contribution in [3.8, 4) is 23.8 Å². The number of amidine groups is 1. The molecule has 1 unspecified atom stereocenters. The van der Waals surface area contributed by atoms with Crippen LogP contribution in [-0.4, -0.2) is 37.3 Å². The van der Waals surface area contributed by atoms with E-state index in [-0.39, 0.29) is 54.5 Å². The fourth-order valence-electron chi connectivity index (χ4n) is 5.82. The van der Waals surface area contributed by atoms with Gasteiger partial charge in [-0.05, 0) is 98.6 Å². The zero-order valence-electron chi connectivity index (χ0n) is 31.5. The molecule has 0 spiro atoms. The molecule has 1 aliphatic rings. The maximum atomic E-state index is 13.7. The van der Waals surface area contributed by atoms with Crippen LogP contribution in [0.1, 0.15) is 78.1 Å². The predicted molar refractivity (Wildman–Crippen MR) is 230 cm³/mol. The molecule has 57 heavy (non-hydrogen) atoms. The molecule has 1 aliphatic heterocycles. The SMILES string of the molecule is C#CC.CCCCCCCCCCC(Oc1ccc(S(=O)(=O)c2ccc(O)cc2)cc1)C(=O)Nc1ccc(Cl)c(N=C2CC(=O)N(c3c(Cl)cc(Cl)cc3Cl)N2)c1. The number of hydrogen-bond donors (Lipinski definition) is 3. The number of sulfone groups is 1. The summed E-state index contributed by atoms with van der Waals surface area (Å²) >= 11 is 25.2. The first kappa shape index (κ1) is 45.3. The van der Waals surface area contributed by atoms with Gasteiger partial charge in [0.1, 0.15) is 23.0 Å². The molecule has 1 fully saturated rings. The van der Waals surface area contributed by atoms with Crippen LogP contribution in [0, 0.1) is 12.3 Å². The second-order valence-electron chi connectivity index (χ2n) is 13.1. The van der Waals surface area contributed by atoms with Crippen molar-refractivity contribution in [2.75, 3.05) is 10.3 Å². The van der Waals surface area contributed by atoms with Gasteiger partial charge in [0, 0.05) is 10.7 Å². The van der Waals surface area contributed by atoms with Gasteiger partial charge in [-0.15, -0.1) is 12.3 Å². The number of rotatable bonds is 17. The maximum Gasteiger partial charge on any atom is 0.265 e. The molecule has 0 radical (unpaired) electrons. The largest absolute Gasteiger partial charge is 0.508 e. The fraction of sp³-hybridized carbons (Fsp3) is 0.310. The summed E-state index contributed by atoms with van der Waals surface area (Å²) < 4.78 is 32.4. The Kier molecular flexibility index (Phi) is 17.4. The molecule has 1 heterocycles. The molecule has 10 nitrogen and oxygen atoms in total. The van der Waals surface area contributed by atoms with Gasteiger partial charge in [0.15, 0.2) is 6.10 Å². The van der Waals surface area contributed by atoms with Gasteiger partial charge in [-0.25, -0.2) is 18.4 Å². The lowest BCUT2D eigenvalue weighted by molar-refractivity contribution is -0.123. The van der Waals surface area contributed by atoms with E-state index >= 15 is 0 Å². The number of hydrazine groups is 1. The number of nitrogens with one attached hydrogen (secondary N) is 2. The van der Waals surface area contributed by atoms with E-state index in [4.69, 9.17) is 51.1 Å². The van der Waals surface area contributed by atoms with Gasteiger partial charge in [0.25, 0.3) is 11.8 Å². The third-order valence-corrected chi connectivity index (χ3v) is 11.6. The van der Waals surface area contributed by atoms with Crippen molar-refractivity contribution in [1.82, 2.24) is 5.43 Å². The Labute approximate surface area is 354 Å². The number of unbranched alkanes of at least 4 members (excludes halogenated alkanes) is 7. The third kappa shape index (κ3) is 13.0. The zero-order valence-corrected chi connectivity index (χ0v) is 35.4. The molecule has 1 atom stereocenters. The Morgan fingerprint density at radius 1 is 0.895 bits per heavy atom. The van der Waals surface area contributed by atoms with E-state index in [2.05, 4.69) is 35.0 Å². The van der Waals surface area contributed by atoms with Crippen LogP contribution in [0.5, 0.6) is 11.5 Å². The number of anilines is 2. The van der Waals surface area contributed by atoms with Crippen molar-refractivity contribution < 1.29 is 27.9 Å². The quantitative estimate of drug-likeness (QED) is 0.0709. The van der Waals surface area contributed by atoms with Crippen molar-refractivity contribution in [1.29, 1.82) is 0 Å². The Bertz CT molecular complexity index is 2170. The molecule has 5 rings (SSSR count). The first-order valence-corrected chi connectivity index (χ1v) is 21.4. The van der Waals surface area contributed by atoms with Crippen LogP contribution in [0.2, 0.25) is 20.1 Å². The van der Waals surface area contributed by atoms with Gasteiger partial charge in [0.05, 0.1) is 37.0 Å². The molecule has 15 heteroatoms. The van der Waals surface area contributed by atoms with Crippen LogP contribution in [0.4, 0.5) is 17.1 Å². The van der Waals surface area contributed by atoms with E-state index in [0.717, 1.165) is 25.7 Å². The van der Waals surface area contributed by atoms with Gasteiger partial charge < -0.3 is 15.2 Å². The summed E-state index contributed by atoms with van der Waals surface area (Å²) in [6, 6.07) is 18.9. The Balaban J connectivity index is 0.00000232. The third-order valence-electron chi connectivity index (χ3n) is 8.65. The molecule has 4 aromatic carbocycles. The lowest BCUT2D eigenvalue weighted by atomic mass is 10.1. The number of ether oxygens (including phenoxy) is 1. The van der Waals surface area contributed by atoms with Crippen LogP contribution in [0.3, 0.4) is 0 Å². The van der Waals surface area contributed by atoms with Crippen molar-refractivity contribution >= 4 is 91.0 Å². The van der Waals surface area contributed by atoms with Crippen molar-refractivity contribution in [2.24, 2.45) is 4.99 Å². The highest BCUT2D eigenvalue weighted by Gasteiger charge is 2.31. The van der Waals surface area contributed by atoms with E-state index in [9.17, 15) is 23.1 Å². The molecule has 1 saturated heterocycles. The second-order valence-corrected chi connectivity index (χ2v) is 16.7. The molecule has 0 aliphatic carbocycles. The number of carbonyl (C=O) groups excluding carboxylic acids is 2. The van der Waals surface area contributed by atoms with Gasteiger partial charge >= 0.3 is 0 Å². The molecule has 0 aromatic heterocycles. The summed E-state index contributed by atoms with van der Waals surface area (Å²) in [4.78, 5) is 31.3. The van der Waals surface area contributed by atoms with E-state index in [1.807, 2.05) is 0 Å². The van der Waals surface area contributed by atoms with Crippen LogP contribution >= 0.6 is 46.4 Å². The highest BCUT2D eigenvalue weighted by atomic mass is 35.5. The Morgan fingerprint density at radius 3 is 2.05 bits per heavy atom. The lowest BCUT2D eigenvalue weighted by Gasteiger charge is -2.20. The van der Waals surface area contributed by atoms with Crippen molar-refractivity contribution in [3.05, 3.63) is 99.0 Å². The number of nitrogens with zero attached hydrogens (tertiary/aromatic N) is 2. The highest BCUT2D eigenvalue weighted by Crippen LogP contribution is 2.38. The smallest absolute Gasteiger partial charge is 0.265 e. The normalized spacial score (nSPS) is 13.7. The van der Waals surface area contributed by atoms with Gasteiger partial charge in [-0.3, -0.25) is 15.0 Å². The standard InChI is InChI=1S/C39H40Cl4N4O6S.C3H4/c1-2-3-4-5-6-7-8-9-10-35(53-28-14-18-30(19-15-28)54(51,52)29-16-12-27(48)13-17-29)39(50)44-26-11-20-31(41)34(23-26)45-36-24-37(49)47(46-36)38-32(42)21-25(40)22-33(38)43;1-3-2/h11-23,35,48H,2-10,24H2,1H3,(H,44,50)(H,45,46);1H,2H3. The van der Waals surface area contributed by atoms with Crippen molar-refractivity contribution in [3.63, 3.8) is 0 Å². The van der Waals surface area contributed by atoms with E-state index in [0.29, 0.717) is 28.6 Å². The maximum absolute atomic E-state index is 13.7. The minimum atomic E-state index is -3.84. The molecule has 302 valence electrons. The number of halogens is 4. The van der Waals surface area contributed by atoms with E-state index in [1.165, 1.54) is 91.4 Å². The molecule has 0 bridgehead atoms. The number of terminal acetylenes is 1. The van der Waals surface area contributed by atoms with Gasteiger partial charge in [-0.1, -0.05) is 98.3 Å². The Morgan fingerprint density at radius 2 is 1.46 bits per heavy atom. The van der Waals surface area contributed by atoms with Crippen LogP contribution in [0.25, 0.3) is 0 Å². The Hall–Kier alpha value is -4.44. The zero-order chi connectivity index (χ0) is 41.5. The summed E-state index contributed by atoms with van der Waals surface area (Å²) in [5.41, 5.74) is 3.85. The highest BCUT2D eigenvalue weighted by molar-refractivity contribution is 7.91. The summed E-state index contributed by atoms with van der Waals surface area (Å²) in [5, 5.41) is 14.6. The first-order valence-electron chi connectivity index (χ1n) is 18.4. The monoisotopic (exact) mass is 872 g/mol. The van der Waals surface area contributed by atoms with Crippen molar-refractivity contribution in [2.45, 2.75) is 94.0 Å². The fourth-order valence-corrected chi connectivity index (χ4v) is 8.23. The van der Waals surface area contributed by atoms with Gasteiger partial charge in [-0.2, -0.15) is 0 Å². The van der Waals surface area contributed by atoms with E-state index in [1.54, 1.807) is 25.1 Å². The number of amides is 2.